The van der Waals surface area contributed by atoms with Gasteiger partial charge in [-0.2, -0.15) is 0 Å². The topological polar surface area (TPSA) is 37.4 Å². The van der Waals surface area contributed by atoms with Crippen LogP contribution in [0.5, 0.6) is 0 Å². The van der Waals surface area contributed by atoms with E-state index in [1.807, 2.05) is 0 Å². The number of sulfonamides is 1. The predicted molar refractivity (Wildman–Crippen MR) is 73.4 cm³/mol. The fraction of sp³-hybridized carbons (Fsp3) is 0.500. The maximum atomic E-state index is 12.3. The van der Waals surface area contributed by atoms with Gasteiger partial charge in [0.15, 0.2) is 0 Å². The fourth-order valence-electron chi connectivity index (χ4n) is 1.38. The zero-order chi connectivity index (χ0) is 13.1. The zero-order valence-corrected chi connectivity index (χ0v) is 12.8. The van der Waals surface area contributed by atoms with Gasteiger partial charge >= 0.3 is 0 Å². The molecule has 3 nitrogen and oxygen atoms in total. The van der Waals surface area contributed by atoms with E-state index < -0.39 is 10.0 Å². The van der Waals surface area contributed by atoms with E-state index in [1.165, 1.54) is 4.31 Å². The van der Waals surface area contributed by atoms with Crippen LogP contribution < -0.4 is 0 Å². The van der Waals surface area contributed by atoms with Gasteiger partial charge < -0.3 is 0 Å². The van der Waals surface area contributed by atoms with Crippen LogP contribution in [0.25, 0.3) is 0 Å². The maximum absolute atomic E-state index is 12.3. The van der Waals surface area contributed by atoms with Crippen LogP contribution in [0.2, 0.25) is 0 Å². The molecule has 0 N–H and O–H groups in total. The molecule has 0 aliphatic heterocycles. The van der Waals surface area contributed by atoms with Crippen LogP contribution in [-0.4, -0.2) is 26.3 Å². The first-order valence-electron chi connectivity index (χ1n) is 5.56. The van der Waals surface area contributed by atoms with Crippen LogP contribution in [0.15, 0.2) is 33.6 Å². The highest BCUT2D eigenvalue weighted by atomic mass is 79.9. The summed E-state index contributed by atoms with van der Waals surface area (Å²) in [6, 6.07) is 6.89. The average molecular weight is 320 g/mol. The van der Waals surface area contributed by atoms with Crippen LogP contribution in [0, 0.1) is 5.92 Å². The van der Waals surface area contributed by atoms with Gasteiger partial charge in [-0.05, 0) is 40.4 Å². The summed E-state index contributed by atoms with van der Waals surface area (Å²) in [6.07, 6.45) is 0.861. The Kier molecular flexibility index (Phi) is 5.16. The Labute approximate surface area is 112 Å². The lowest BCUT2D eigenvalue weighted by Crippen LogP contribution is -2.28. The Hall–Kier alpha value is -0.390. The van der Waals surface area contributed by atoms with Crippen molar-refractivity contribution in [3.63, 3.8) is 0 Å². The predicted octanol–water partition coefficient (Wildman–Crippen LogP) is 3.12. The monoisotopic (exact) mass is 319 g/mol. The molecule has 0 bridgehead atoms. The minimum atomic E-state index is -3.38. The third-order valence-electron chi connectivity index (χ3n) is 2.55. The van der Waals surface area contributed by atoms with E-state index in [1.54, 1.807) is 31.3 Å². The second kappa shape index (κ2) is 5.98. The van der Waals surface area contributed by atoms with Crippen LogP contribution >= 0.6 is 15.9 Å². The molecule has 17 heavy (non-hydrogen) atoms. The summed E-state index contributed by atoms with van der Waals surface area (Å²) in [7, 11) is -1.76. The van der Waals surface area contributed by atoms with Gasteiger partial charge in [-0.15, -0.1) is 0 Å². The Morgan fingerprint density at radius 1 is 1.29 bits per heavy atom. The SMILES string of the molecule is CC(C)CCN(C)S(=O)(=O)c1ccccc1Br. The Balaban J connectivity index is 2.92. The minimum Gasteiger partial charge on any atom is -0.207 e. The third-order valence-corrected chi connectivity index (χ3v) is 5.42. The van der Waals surface area contributed by atoms with E-state index in [0.717, 1.165) is 6.42 Å². The summed E-state index contributed by atoms with van der Waals surface area (Å²) >= 11 is 3.27. The molecule has 1 aromatic carbocycles. The lowest BCUT2D eigenvalue weighted by atomic mass is 10.1. The fourth-order valence-corrected chi connectivity index (χ4v) is 3.53. The van der Waals surface area contributed by atoms with Gasteiger partial charge in [-0.25, -0.2) is 12.7 Å². The lowest BCUT2D eigenvalue weighted by molar-refractivity contribution is 0.428. The molecule has 5 heteroatoms. The molecule has 96 valence electrons. The third kappa shape index (κ3) is 3.79. The van der Waals surface area contributed by atoms with Gasteiger partial charge in [0.2, 0.25) is 10.0 Å². The highest BCUT2D eigenvalue weighted by Crippen LogP contribution is 2.24. The summed E-state index contributed by atoms with van der Waals surface area (Å²) in [5, 5.41) is 0. The Morgan fingerprint density at radius 2 is 1.88 bits per heavy atom. The first kappa shape index (κ1) is 14.7. The first-order valence-corrected chi connectivity index (χ1v) is 7.80. The molecule has 0 spiro atoms. The van der Waals surface area contributed by atoms with Crippen LogP contribution in [0.1, 0.15) is 20.3 Å². The molecule has 0 fully saturated rings. The van der Waals surface area contributed by atoms with Crippen LogP contribution in [-0.2, 0) is 10.0 Å². The molecule has 0 heterocycles. The number of halogens is 1. The highest BCUT2D eigenvalue weighted by molar-refractivity contribution is 9.10. The number of rotatable bonds is 5. The highest BCUT2D eigenvalue weighted by Gasteiger charge is 2.22. The standard InChI is InChI=1S/C12H18BrNO2S/c1-10(2)8-9-14(3)17(15,16)12-7-5-4-6-11(12)13/h4-7,10H,8-9H2,1-3H3. The van der Waals surface area contributed by atoms with Crippen molar-refractivity contribution in [3.8, 4) is 0 Å². The minimum absolute atomic E-state index is 0.325. The first-order chi connectivity index (χ1) is 7.85. The van der Waals surface area contributed by atoms with Gasteiger partial charge in [0.25, 0.3) is 0 Å². The van der Waals surface area contributed by atoms with Crippen LogP contribution in [0.4, 0.5) is 0 Å². The molecular formula is C12H18BrNO2S. The maximum Gasteiger partial charge on any atom is 0.243 e. The van der Waals surface area contributed by atoms with Crippen molar-refractivity contribution in [3.05, 3.63) is 28.7 Å². The summed E-state index contributed by atoms with van der Waals surface area (Å²) in [5.74, 6) is 0.492. The zero-order valence-electron chi connectivity index (χ0n) is 10.4. The van der Waals surface area contributed by atoms with Crippen molar-refractivity contribution in [1.29, 1.82) is 0 Å². The van der Waals surface area contributed by atoms with Crippen molar-refractivity contribution in [2.24, 2.45) is 5.92 Å². The number of hydrogen-bond acceptors (Lipinski definition) is 2. The largest absolute Gasteiger partial charge is 0.243 e. The van der Waals surface area contributed by atoms with E-state index in [2.05, 4.69) is 29.8 Å². The Morgan fingerprint density at radius 3 is 2.41 bits per heavy atom. The van der Waals surface area contributed by atoms with Gasteiger partial charge in [0.05, 0.1) is 4.90 Å². The number of hydrogen-bond donors (Lipinski definition) is 0. The average Bonchev–Trinajstić information content (AvgIpc) is 2.26. The quantitative estimate of drug-likeness (QED) is 0.836. The molecule has 0 radical (unpaired) electrons. The molecule has 0 amide bonds. The van der Waals surface area contributed by atoms with E-state index in [9.17, 15) is 8.42 Å². The van der Waals surface area contributed by atoms with E-state index in [-0.39, 0.29) is 0 Å². The van der Waals surface area contributed by atoms with E-state index in [0.29, 0.717) is 21.8 Å². The second-order valence-corrected chi connectivity index (χ2v) is 7.31. The normalized spacial score (nSPS) is 12.4. The summed E-state index contributed by atoms with van der Waals surface area (Å²) in [5.41, 5.74) is 0. The van der Waals surface area contributed by atoms with E-state index >= 15 is 0 Å². The number of nitrogens with zero attached hydrogens (tertiary/aromatic N) is 1. The molecule has 1 aromatic rings. The molecule has 0 aliphatic carbocycles. The molecule has 0 unspecified atom stereocenters. The molecule has 1 rings (SSSR count). The molecule has 0 aromatic heterocycles. The van der Waals surface area contributed by atoms with Crippen molar-refractivity contribution in [2.75, 3.05) is 13.6 Å². The molecular weight excluding hydrogens is 302 g/mol. The van der Waals surface area contributed by atoms with Crippen molar-refractivity contribution in [2.45, 2.75) is 25.2 Å². The van der Waals surface area contributed by atoms with Crippen molar-refractivity contribution in [1.82, 2.24) is 4.31 Å². The van der Waals surface area contributed by atoms with E-state index in [4.69, 9.17) is 0 Å². The summed E-state index contributed by atoms with van der Waals surface area (Å²) in [4.78, 5) is 0.325. The van der Waals surface area contributed by atoms with Crippen molar-refractivity contribution >= 4 is 26.0 Å². The molecule has 0 aliphatic rings. The van der Waals surface area contributed by atoms with Crippen molar-refractivity contribution < 1.29 is 8.42 Å². The van der Waals surface area contributed by atoms with Gasteiger partial charge in [0.1, 0.15) is 0 Å². The van der Waals surface area contributed by atoms with Crippen LogP contribution in [0.3, 0.4) is 0 Å². The summed E-state index contributed by atoms with van der Waals surface area (Å²) < 4.78 is 26.5. The number of benzene rings is 1. The van der Waals surface area contributed by atoms with Gasteiger partial charge in [0, 0.05) is 18.1 Å². The lowest BCUT2D eigenvalue weighted by Gasteiger charge is -2.18. The smallest absolute Gasteiger partial charge is 0.207 e. The molecule has 0 saturated carbocycles. The Bertz CT molecular complexity index is 471. The van der Waals surface area contributed by atoms with Gasteiger partial charge in [-0.1, -0.05) is 26.0 Å². The molecule has 0 atom stereocenters. The molecule has 0 saturated heterocycles. The van der Waals surface area contributed by atoms with Gasteiger partial charge in [-0.3, -0.25) is 0 Å². The second-order valence-electron chi connectivity index (χ2n) is 4.44. The summed E-state index contributed by atoms with van der Waals surface area (Å²) in [6.45, 7) is 4.71.